The van der Waals surface area contributed by atoms with Gasteiger partial charge in [-0.1, -0.05) is 11.6 Å². The number of benzene rings is 1. The van der Waals surface area contributed by atoms with Crippen molar-refractivity contribution in [1.82, 2.24) is 4.98 Å². The smallest absolute Gasteiger partial charge is 0.123 e. The monoisotopic (exact) mass is 246 g/mol. The third kappa shape index (κ3) is 2.61. The molecule has 0 amide bonds. The number of halogens is 2. The Morgan fingerprint density at radius 3 is 2.65 bits per heavy atom. The predicted molar refractivity (Wildman–Crippen MR) is 64.0 cm³/mol. The van der Waals surface area contributed by atoms with Crippen molar-refractivity contribution in [1.29, 1.82) is 5.26 Å². The lowest BCUT2D eigenvalue weighted by Crippen LogP contribution is -1.92. The summed E-state index contributed by atoms with van der Waals surface area (Å²) in [4.78, 5) is 4.19. The quantitative estimate of drug-likeness (QED) is 0.812. The van der Waals surface area contributed by atoms with Gasteiger partial charge in [-0.05, 0) is 35.9 Å². The van der Waals surface area contributed by atoms with Gasteiger partial charge in [0, 0.05) is 11.8 Å². The van der Waals surface area contributed by atoms with Crippen LogP contribution in [0.4, 0.5) is 4.39 Å². The van der Waals surface area contributed by atoms with Gasteiger partial charge >= 0.3 is 0 Å². The first-order valence-electron chi connectivity index (χ1n) is 4.98. The molecule has 0 aliphatic rings. The molecule has 2 aromatic rings. The van der Waals surface area contributed by atoms with Gasteiger partial charge in [0.05, 0.1) is 23.2 Å². The number of nitriles is 1. The third-order valence-corrected chi connectivity index (χ3v) is 2.53. The second-order valence-corrected chi connectivity index (χ2v) is 3.94. The van der Waals surface area contributed by atoms with Crippen LogP contribution in [-0.4, -0.2) is 4.98 Å². The molecule has 0 aliphatic carbocycles. The number of nitrogens with zero attached hydrogens (tertiary/aromatic N) is 2. The second kappa shape index (κ2) is 4.94. The highest BCUT2D eigenvalue weighted by Gasteiger charge is 2.07. The first-order chi connectivity index (χ1) is 8.20. The van der Waals surface area contributed by atoms with Gasteiger partial charge in [-0.15, -0.1) is 0 Å². The second-order valence-electron chi connectivity index (χ2n) is 3.50. The molecule has 1 aromatic carbocycles. The molecule has 0 unspecified atom stereocenters. The van der Waals surface area contributed by atoms with Crippen LogP contribution in [0, 0.1) is 17.1 Å². The summed E-state index contributed by atoms with van der Waals surface area (Å²) in [6.45, 7) is 0. The Bertz CT molecular complexity index is 573. The van der Waals surface area contributed by atoms with Gasteiger partial charge in [0.1, 0.15) is 5.82 Å². The van der Waals surface area contributed by atoms with Crippen LogP contribution in [0.2, 0.25) is 5.02 Å². The van der Waals surface area contributed by atoms with Crippen LogP contribution in [0.5, 0.6) is 0 Å². The van der Waals surface area contributed by atoms with Crippen LogP contribution >= 0.6 is 11.6 Å². The average Bonchev–Trinajstić information content (AvgIpc) is 2.31. The molecule has 0 saturated heterocycles. The molecule has 0 saturated carbocycles. The number of aromatic nitrogens is 1. The van der Waals surface area contributed by atoms with Crippen molar-refractivity contribution in [3.63, 3.8) is 0 Å². The van der Waals surface area contributed by atoms with Crippen molar-refractivity contribution in [3.8, 4) is 17.3 Å². The van der Waals surface area contributed by atoms with E-state index in [2.05, 4.69) is 11.1 Å². The maximum atomic E-state index is 12.8. The zero-order chi connectivity index (χ0) is 12.3. The van der Waals surface area contributed by atoms with Gasteiger partial charge in [-0.25, -0.2) is 4.39 Å². The van der Waals surface area contributed by atoms with Crippen molar-refractivity contribution in [2.75, 3.05) is 0 Å². The maximum Gasteiger partial charge on any atom is 0.123 e. The van der Waals surface area contributed by atoms with Gasteiger partial charge in [0.25, 0.3) is 0 Å². The molecule has 17 heavy (non-hydrogen) atoms. The molecule has 2 nitrogen and oxygen atoms in total. The van der Waals surface area contributed by atoms with Crippen molar-refractivity contribution in [2.24, 2.45) is 0 Å². The van der Waals surface area contributed by atoms with Crippen LogP contribution in [0.15, 0.2) is 36.5 Å². The van der Waals surface area contributed by atoms with Crippen molar-refractivity contribution in [3.05, 3.63) is 52.9 Å². The Hall–Kier alpha value is -1.92. The van der Waals surface area contributed by atoms with E-state index in [9.17, 15) is 4.39 Å². The summed E-state index contributed by atoms with van der Waals surface area (Å²) in [5.74, 6) is -0.301. The van der Waals surface area contributed by atoms with Gasteiger partial charge in [0.2, 0.25) is 0 Å². The van der Waals surface area contributed by atoms with Crippen LogP contribution in [0.3, 0.4) is 0 Å². The van der Waals surface area contributed by atoms with Gasteiger partial charge in [-0.3, -0.25) is 4.98 Å². The molecule has 0 spiro atoms. The highest BCUT2D eigenvalue weighted by atomic mass is 35.5. The molecule has 0 radical (unpaired) electrons. The molecule has 0 aliphatic heterocycles. The fourth-order valence-electron chi connectivity index (χ4n) is 1.57. The van der Waals surface area contributed by atoms with Crippen LogP contribution in [0.1, 0.15) is 5.56 Å². The largest absolute Gasteiger partial charge is 0.254 e. The fraction of sp³-hybridized carbons (Fsp3) is 0.0769. The first-order valence-corrected chi connectivity index (χ1v) is 5.36. The lowest BCUT2D eigenvalue weighted by atomic mass is 10.0. The number of pyridine rings is 1. The highest BCUT2D eigenvalue weighted by molar-refractivity contribution is 6.30. The fourth-order valence-corrected chi connectivity index (χ4v) is 1.75. The molecule has 2 rings (SSSR count). The summed E-state index contributed by atoms with van der Waals surface area (Å²) >= 11 is 5.83. The molecule has 4 heteroatoms. The van der Waals surface area contributed by atoms with Crippen molar-refractivity contribution < 1.29 is 4.39 Å². The normalized spacial score (nSPS) is 9.94. The minimum Gasteiger partial charge on any atom is -0.254 e. The molecule has 0 bridgehead atoms. The third-order valence-electron chi connectivity index (χ3n) is 2.32. The summed E-state index contributed by atoms with van der Waals surface area (Å²) in [6.07, 6.45) is 1.74. The van der Waals surface area contributed by atoms with Gasteiger partial charge in [0.15, 0.2) is 0 Å². The maximum absolute atomic E-state index is 12.8. The summed E-state index contributed by atoms with van der Waals surface area (Å²) < 4.78 is 12.8. The number of rotatable bonds is 2. The standard InChI is InChI=1S/C13H8ClFN2/c14-11-7-10(5-6-16)13(17-8-11)9-1-3-12(15)4-2-9/h1-4,7-8H,5H2. The predicted octanol–water partition coefficient (Wildman–Crippen LogP) is 3.61. The van der Waals surface area contributed by atoms with E-state index in [4.69, 9.17) is 16.9 Å². The van der Waals surface area contributed by atoms with E-state index in [1.165, 1.54) is 18.3 Å². The molecular weight excluding hydrogens is 239 g/mol. The SMILES string of the molecule is N#CCc1cc(Cl)cnc1-c1ccc(F)cc1. The summed E-state index contributed by atoms with van der Waals surface area (Å²) in [6, 6.07) is 9.75. The number of hydrogen-bond acceptors (Lipinski definition) is 2. The lowest BCUT2D eigenvalue weighted by molar-refractivity contribution is 0.628. The molecule has 0 atom stereocenters. The molecule has 1 aromatic heterocycles. The van der Waals surface area contributed by atoms with E-state index >= 15 is 0 Å². The topological polar surface area (TPSA) is 36.7 Å². The van der Waals surface area contributed by atoms with E-state index < -0.39 is 0 Å². The van der Waals surface area contributed by atoms with Gasteiger partial charge < -0.3 is 0 Å². The lowest BCUT2D eigenvalue weighted by Gasteiger charge is -2.06. The molecule has 1 heterocycles. The summed E-state index contributed by atoms with van der Waals surface area (Å²) in [5.41, 5.74) is 2.18. The van der Waals surface area contributed by atoms with E-state index in [0.717, 1.165) is 11.1 Å². The highest BCUT2D eigenvalue weighted by Crippen LogP contribution is 2.24. The molecule has 0 fully saturated rings. The molecule has 0 N–H and O–H groups in total. The summed E-state index contributed by atoms with van der Waals surface area (Å²) in [5, 5.41) is 9.23. The zero-order valence-electron chi connectivity index (χ0n) is 8.82. The molecule has 84 valence electrons. The van der Waals surface area contributed by atoms with Crippen LogP contribution in [-0.2, 0) is 6.42 Å². The van der Waals surface area contributed by atoms with E-state index in [1.54, 1.807) is 18.2 Å². The average molecular weight is 247 g/mol. The first kappa shape index (κ1) is 11.6. The van der Waals surface area contributed by atoms with Crippen molar-refractivity contribution in [2.45, 2.75) is 6.42 Å². The number of hydrogen-bond donors (Lipinski definition) is 0. The Balaban J connectivity index is 2.51. The van der Waals surface area contributed by atoms with E-state index in [-0.39, 0.29) is 12.2 Å². The minimum absolute atomic E-state index is 0.222. The Kier molecular flexibility index (Phi) is 3.36. The molecular formula is C13H8ClFN2. The van der Waals surface area contributed by atoms with E-state index in [0.29, 0.717) is 10.7 Å². The minimum atomic E-state index is -0.301. The van der Waals surface area contributed by atoms with Crippen molar-refractivity contribution >= 4 is 11.6 Å². The van der Waals surface area contributed by atoms with E-state index in [1.807, 2.05) is 0 Å². The summed E-state index contributed by atoms with van der Waals surface area (Å²) in [7, 11) is 0. The van der Waals surface area contributed by atoms with Crippen LogP contribution in [0.25, 0.3) is 11.3 Å². The Labute approximate surface area is 103 Å². The van der Waals surface area contributed by atoms with Crippen LogP contribution < -0.4 is 0 Å². The zero-order valence-corrected chi connectivity index (χ0v) is 9.58. The van der Waals surface area contributed by atoms with Gasteiger partial charge in [-0.2, -0.15) is 5.26 Å². The Morgan fingerprint density at radius 1 is 1.29 bits per heavy atom. The Morgan fingerprint density at radius 2 is 2.00 bits per heavy atom.